The smallest absolute Gasteiger partial charge is 0.133 e. The number of rotatable bonds is 7. The summed E-state index contributed by atoms with van der Waals surface area (Å²) in [6.45, 7) is 0. The van der Waals surface area contributed by atoms with E-state index in [1.54, 1.807) is 13.3 Å². The van der Waals surface area contributed by atoms with Gasteiger partial charge in [-0.25, -0.2) is 0 Å². The van der Waals surface area contributed by atoms with E-state index in [-0.39, 0.29) is 5.78 Å². The number of carbonyl (C=O) groups is 1. The Morgan fingerprint density at radius 3 is 2.45 bits per heavy atom. The minimum absolute atomic E-state index is 0.284. The van der Waals surface area contributed by atoms with E-state index in [4.69, 9.17) is 4.74 Å². The Morgan fingerprint density at radius 1 is 1.05 bits per heavy atom. The van der Waals surface area contributed by atoms with Crippen molar-refractivity contribution in [1.29, 1.82) is 0 Å². The fourth-order valence-corrected chi connectivity index (χ4v) is 2.01. The van der Waals surface area contributed by atoms with E-state index >= 15 is 0 Å². The van der Waals surface area contributed by atoms with Crippen LogP contribution in [0.5, 0.6) is 5.75 Å². The van der Waals surface area contributed by atoms with E-state index < -0.39 is 0 Å². The van der Waals surface area contributed by atoms with Crippen LogP contribution in [0.25, 0.3) is 0 Å². The molecule has 0 N–H and O–H groups in total. The number of Topliss-reactive ketones (excluding diaryl/α,β-unsaturated/α-hetero) is 1. The van der Waals surface area contributed by atoms with Crippen LogP contribution in [-0.2, 0) is 17.6 Å². The number of methoxy groups -OCH3 is 1. The molecule has 0 bridgehead atoms. The predicted octanol–water partition coefficient (Wildman–Crippen LogP) is 3.22. The molecule has 0 aliphatic carbocycles. The van der Waals surface area contributed by atoms with Crippen molar-refractivity contribution in [3.05, 3.63) is 59.9 Å². The van der Waals surface area contributed by atoms with Crippen LogP contribution in [-0.4, -0.2) is 17.9 Å². The van der Waals surface area contributed by atoms with Crippen molar-refractivity contribution in [2.75, 3.05) is 7.11 Å². The standard InChI is InChI=1S/C17H19NO2/c1-20-17-11-6-14(7-12-17)5-9-16(19)10-8-15-4-2-3-13-18-15/h2-4,6-7,11-13H,5,8-10H2,1H3. The summed E-state index contributed by atoms with van der Waals surface area (Å²) in [4.78, 5) is 16.1. The van der Waals surface area contributed by atoms with E-state index in [1.807, 2.05) is 42.5 Å². The Morgan fingerprint density at radius 2 is 1.80 bits per heavy atom. The van der Waals surface area contributed by atoms with Gasteiger partial charge in [0, 0.05) is 24.7 Å². The molecule has 0 unspecified atom stereocenters. The maximum Gasteiger partial charge on any atom is 0.133 e. The van der Waals surface area contributed by atoms with E-state index in [2.05, 4.69) is 4.98 Å². The van der Waals surface area contributed by atoms with Gasteiger partial charge in [0.2, 0.25) is 0 Å². The monoisotopic (exact) mass is 269 g/mol. The Hall–Kier alpha value is -2.16. The molecule has 20 heavy (non-hydrogen) atoms. The van der Waals surface area contributed by atoms with Gasteiger partial charge >= 0.3 is 0 Å². The first-order chi connectivity index (χ1) is 9.78. The first kappa shape index (κ1) is 14.3. The summed E-state index contributed by atoms with van der Waals surface area (Å²) in [6.07, 6.45) is 4.41. The number of hydrogen-bond donors (Lipinski definition) is 0. The summed E-state index contributed by atoms with van der Waals surface area (Å²) >= 11 is 0. The molecule has 0 saturated heterocycles. The fraction of sp³-hybridized carbons (Fsp3) is 0.294. The normalized spacial score (nSPS) is 10.2. The third-order valence-electron chi connectivity index (χ3n) is 3.24. The van der Waals surface area contributed by atoms with Gasteiger partial charge in [-0.1, -0.05) is 18.2 Å². The van der Waals surface area contributed by atoms with Crippen molar-refractivity contribution >= 4 is 5.78 Å². The molecule has 104 valence electrons. The van der Waals surface area contributed by atoms with E-state index in [0.717, 1.165) is 29.8 Å². The Balaban J connectivity index is 1.74. The van der Waals surface area contributed by atoms with Gasteiger partial charge in [0.1, 0.15) is 11.5 Å². The number of nitrogens with zero attached hydrogens (tertiary/aromatic N) is 1. The van der Waals surface area contributed by atoms with Crippen molar-refractivity contribution in [1.82, 2.24) is 4.98 Å². The summed E-state index contributed by atoms with van der Waals surface area (Å²) in [7, 11) is 1.65. The van der Waals surface area contributed by atoms with Crippen LogP contribution in [0, 0.1) is 0 Å². The average Bonchev–Trinajstić information content (AvgIpc) is 2.52. The lowest BCUT2D eigenvalue weighted by Crippen LogP contribution is -2.03. The van der Waals surface area contributed by atoms with Crippen LogP contribution in [0.2, 0.25) is 0 Å². The predicted molar refractivity (Wildman–Crippen MR) is 78.9 cm³/mol. The van der Waals surface area contributed by atoms with Gasteiger partial charge in [0.15, 0.2) is 0 Å². The molecule has 1 aromatic heterocycles. The highest BCUT2D eigenvalue weighted by Gasteiger charge is 2.04. The van der Waals surface area contributed by atoms with Crippen molar-refractivity contribution in [2.24, 2.45) is 0 Å². The number of aromatic nitrogens is 1. The van der Waals surface area contributed by atoms with Crippen LogP contribution in [0.15, 0.2) is 48.7 Å². The molecule has 0 atom stereocenters. The second kappa shape index (κ2) is 7.43. The fourth-order valence-electron chi connectivity index (χ4n) is 2.01. The molecule has 1 aromatic carbocycles. The number of hydrogen-bond acceptors (Lipinski definition) is 3. The van der Waals surface area contributed by atoms with Crippen LogP contribution < -0.4 is 4.74 Å². The summed E-state index contributed by atoms with van der Waals surface area (Å²) in [6, 6.07) is 13.6. The van der Waals surface area contributed by atoms with Gasteiger partial charge in [-0.2, -0.15) is 0 Å². The van der Waals surface area contributed by atoms with Gasteiger partial charge in [-0.05, 0) is 42.7 Å². The molecular weight excluding hydrogens is 250 g/mol. The Bertz CT molecular complexity index is 535. The zero-order valence-electron chi connectivity index (χ0n) is 11.7. The second-order valence-corrected chi connectivity index (χ2v) is 4.71. The molecule has 0 aliphatic rings. The highest BCUT2D eigenvalue weighted by Crippen LogP contribution is 2.13. The highest BCUT2D eigenvalue weighted by molar-refractivity contribution is 5.78. The number of aryl methyl sites for hydroxylation is 2. The van der Waals surface area contributed by atoms with Crippen molar-refractivity contribution in [3.8, 4) is 5.75 Å². The lowest BCUT2D eigenvalue weighted by atomic mass is 10.0. The van der Waals surface area contributed by atoms with Crippen molar-refractivity contribution in [3.63, 3.8) is 0 Å². The Labute approximate surface area is 119 Å². The summed E-state index contributed by atoms with van der Waals surface area (Å²) < 4.78 is 5.11. The minimum atomic E-state index is 0.284. The number of carbonyl (C=O) groups excluding carboxylic acids is 1. The maximum absolute atomic E-state index is 11.9. The molecule has 3 nitrogen and oxygen atoms in total. The van der Waals surface area contributed by atoms with E-state index in [0.29, 0.717) is 12.8 Å². The third kappa shape index (κ3) is 4.50. The van der Waals surface area contributed by atoms with Crippen LogP contribution in [0.4, 0.5) is 0 Å². The van der Waals surface area contributed by atoms with Gasteiger partial charge in [0.05, 0.1) is 7.11 Å². The van der Waals surface area contributed by atoms with Gasteiger partial charge in [-0.15, -0.1) is 0 Å². The topological polar surface area (TPSA) is 39.2 Å². The highest BCUT2D eigenvalue weighted by atomic mass is 16.5. The third-order valence-corrected chi connectivity index (χ3v) is 3.24. The molecule has 0 fully saturated rings. The quantitative estimate of drug-likeness (QED) is 0.774. The molecule has 0 saturated carbocycles. The molecule has 0 aliphatic heterocycles. The maximum atomic E-state index is 11.9. The zero-order valence-corrected chi connectivity index (χ0v) is 11.7. The first-order valence-electron chi connectivity index (χ1n) is 6.82. The number of benzene rings is 1. The van der Waals surface area contributed by atoms with Gasteiger partial charge < -0.3 is 4.74 Å². The van der Waals surface area contributed by atoms with Crippen LogP contribution in [0.1, 0.15) is 24.1 Å². The molecule has 1 heterocycles. The second-order valence-electron chi connectivity index (χ2n) is 4.71. The first-order valence-corrected chi connectivity index (χ1v) is 6.82. The summed E-state index contributed by atoms with van der Waals surface area (Å²) in [5.41, 5.74) is 2.14. The molecule has 2 rings (SSSR count). The lowest BCUT2D eigenvalue weighted by molar-refractivity contribution is -0.119. The minimum Gasteiger partial charge on any atom is -0.497 e. The van der Waals surface area contributed by atoms with Crippen molar-refractivity contribution < 1.29 is 9.53 Å². The zero-order chi connectivity index (χ0) is 14.2. The van der Waals surface area contributed by atoms with E-state index in [9.17, 15) is 4.79 Å². The molecule has 0 spiro atoms. The largest absolute Gasteiger partial charge is 0.497 e. The Kier molecular flexibility index (Phi) is 5.30. The van der Waals surface area contributed by atoms with Crippen LogP contribution in [0.3, 0.4) is 0 Å². The molecule has 3 heteroatoms. The molecular formula is C17H19NO2. The lowest BCUT2D eigenvalue weighted by Gasteiger charge is -2.03. The van der Waals surface area contributed by atoms with Gasteiger partial charge in [0.25, 0.3) is 0 Å². The molecule has 2 aromatic rings. The molecule has 0 amide bonds. The van der Waals surface area contributed by atoms with Crippen molar-refractivity contribution in [2.45, 2.75) is 25.7 Å². The number of ether oxygens (including phenoxy) is 1. The number of ketones is 1. The van der Waals surface area contributed by atoms with Gasteiger partial charge in [-0.3, -0.25) is 9.78 Å². The SMILES string of the molecule is COc1ccc(CCC(=O)CCc2ccccn2)cc1. The summed E-state index contributed by atoms with van der Waals surface area (Å²) in [5, 5.41) is 0. The molecule has 0 radical (unpaired) electrons. The number of pyridine rings is 1. The summed E-state index contributed by atoms with van der Waals surface area (Å²) in [5.74, 6) is 1.13. The van der Waals surface area contributed by atoms with E-state index in [1.165, 1.54) is 0 Å². The van der Waals surface area contributed by atoms with Crippen LogP contribution >= 0.6 is 0 Å². The average molecular weight is 269 g/mol.